The molecule has 0 radical (unpaired) electrons. The van der Waals surface area contributed by atoms with Gasteiger partial charge in [0.05, 0.1) is 0 Å². The number of benzene rings is 1. The summed E-state index contributed by atoms with van der Waals surface area (Å²) in [6, 6.07) is 6.85. The summed E-state index contributed by atoms with van der Waals surface area (Å²) in [5.41, 5.74) is 3.30. The number of hydrogen-bond donors (Lipinski definition) is 2. The second-order valence-corrected chi connectivity index (χ2v) is 6.91. The molecule has 1 heterocycles. The molecule has 3 nitrogen and oxygen atoms in total. The molecule has 3 rings (SSSR count). The molecule has 1 saturated carbocycles. The highest BCUT2D eigenvalue weighted by Gasteiger charge is 2.20. The summed E-state index contributed by atoms with van der Waals surface area (Å²) in [6.45, 7) is 4.21. The molecule has 1 aliphatic heterocycles. The van der Waals surface area contributed by atoms with Crippen LogP contribution in [-0.2, 0) is 0 Å². The van der Waals surface area contributed by atoms with Gasteiger partial charge in [0.2, 0.25) is 0 Å². The zero-order valence-electron chi connectivity index (χ0n) is 14.1. The van der Waals surface area contributed by atoms with Gasteiger partial charge in [-0.25, -0.2) is 0 Å². The van der Waals surface area contributed by atoms with E-state index in [0.717, 1.165) is 37.1 Å². The molecule has 0 spiro atoms. The molecule has 2 N–H and O–H groups in total. The summed E-state index contributed by atoms with van der Waals surface area (Å²) in [5.74, 6) is 0.725. The van der Waals surface area contributed by atoms with Crippen molar-refractivity contribution in [1.82, 2.24) is 10.6 Å². The Morgan fingerprint density at radius 1 is 1.09 bits per heavy atom. The van der Waals surface area contributed by atoms with Crippen molar-refractivity contribution in [3.8, 4) is 0 Å². The third kappa shape index (κ3) is 4.71. The van der Waals surface area contributed by atoms with Crippen molar-refractivity contribution >= 4 is 18.3 Å². The van der Waals surface area contributed by atoms with Crippen LogP contribution in [0.4, 0.5) is 0 Å². The first-order chi connectivity index (χ1) is 10.7. The van der Waals surface area contributed by atoms with Crippen LogP contribution in [0.1, 0.15) is 72.3 Å². The van der Waals surface area contributed by atoms with Crippen molar-refractivity contribution in [2.24, 2.45) is 0 Å². The van der Waals surface area contributed by atoms with Crippen molar-refractivity contribution in [2.75, 3.05) is 13.1 Å². The lowest BCUT2D eigenvalue weighted by Crippen LogP contribution is -2.36. The molecular formula is C19H29ClN2O. The van der Waals surface area contributed by atoms with Crippen LogP contribution in [0.15, 0.2) is 18.2 Å². The quantitative estimate of drug-likeness (QED) is 0.877. The molecule has 1 aromatic carbocycles. The van der Waals surface area contributed by atoms with Crippen molar-refractivity contribution < 1.29 is 4.79 Å². The zero-order valence-corrected chi connectivity index (χ0v) is 14.9. The number of aryl methyl sites for hydroxylation is 1. The van der Waals surface area contributed by atoms with E-state index in [1.165, 1.54) is 37.7 Å². The second kappa shape index (κ2) is 8.70. The number of rotatable bonds is 3. The van der Waals surface area contributed by atoms with Crippen LogP contribution in [0.25, 0.3) is 0 Å². The molecule has 2 aliphatic rings. The SMILES string of the molecule is Cc1ccc(C2CCNCC2)cc1C(=O)NC1CCCCC1.Cl. The Bertz CT molecular complexity index is 520. The number of piperidine rings is 1. The maximum Gasteiger partial charge on any atom is 0.251 e. The lowest BCUT2D eigenvalue weighted by Gasteiger charge is -2.25. The Hall–Kier alpha value is -1.06. The average molecular weight is 337 g/mol. The van der Waals surface area contributed by atoms with Gasteiger partial charge in [-0.2, -0.15) is 0 Å². The van der Waals surface area contributed by atoms with Crippen LogP contribution < -0.4 is 10.6 Å². The van der Waals surface area contributed by atoms with Gasteiger partial charge in [-0.15, -0.1) is 12.4 Å². The van der Waals surface area contributed by atoms with Crippen molar-refractivity contribution in [1.29, 1.82) is 0 Å². The Balaban J connectivity index is 0.00000192. The van der Waals surface area contributed by atoms with Gasteiger partial charge in [-0.05, 0) is 68.8 Å². The fourth-order valence-electron chi connectivity index (χ4n) is 3.80. The van der Waals surface area contributed by atoms with E-state index >= 15 is 0 Å². The molecule has 0 aromatic heterocycles. The summed E-state index contributed by atoms with van der Waals surface area (Å²) in [4.78, 5) is 12.6. The molecule has 0 bridgehead atoms. The van der Waals surface area contributed by atoms with Gasteiger partial charge in [0.15, 0.2) is 0 Å². The molecule has 0 atom stereocenters. The second-order valence-electron chi connectivity index (χ2n) is 6.91. The van der Waals surface area contributed by atoms with Gasteiger partial charge in [0.1, 0.15) is 0 Å². The number of amides is 1. The molecule has 23 heavy (non-hydrogen) atoms. The summed E-state index contributed by atoms with van der Waals surface area (Å²) < 4.78 is 0. The van der Waals surface area contributed by atoms with E-state index in [2.05, 4.69) is 28.8 Å². The summed E-state index contributed by atoms with van der Waals surface area (Å²) in [5, 5.41) is 6.66. The molecule has 1 amide bonds. The molecule has 2 fully saturated rings. The summed E-state index contributed by atoms with van der Waals surface area (Å²) in [6.07, 6.45) is 8.44. The van der Waals surface area contributed by atoms with Crippen LogP contribution in [0.2, 0.25) is 0 Å². The minimum atomic E-state index is 0. The highest BCUT2D eigenvalue weighted by atomic mass is 35.5. The van der Waals surface area contributed by atoms with Crippen molar-refractivity contribution in [3.63, 3.8) is 0 Å². The monoisotopic (exact) mass is 336 g/mol. The third-order valence-corrected chi connectivity index (χ3v) is 5.26. The minimum absolute atomic E-state index is 0. The van der Waals surface area contributed by atoms with Crippen molar-refractivity contribution in [3.05, 3.63) is 34.9 Å². The highest BCUT2D eigenvalue weighted by molar-refractivity contribution is 5.96. The molecule has 1 aromatic rings. The van der Waals surface area contributed by atoms with Gasteiger partial charge < -0.3 is 10.6 Å². The Morgan fingerprint density at radius 2 is 1.78 bits per heavy atom. The van der Waals surface area contributed by atoms with E-state index in [0.29, 0.717) is 12.0 Å². The Morgan fingerprint density at radius 3 is 2.48 bits per heavy atom. The van der Waals surface area contributed by atoms with E-state index in [-0.39, 0.29) is 18.3 Å². The van der Waals surface area contributed by atoms with E-state index in [4.69, 9.17) is 0 Å². The number of halogens is 1. The standard InChI is InChI=1S/C19H28N2O.ClH/c1-14-7-8-16(15-9-11-20-12-10-15)13-18(14)19(22)21-17-5-3-2-4-6-17;/h7-8,13,15,17,20H,2-6,9-12H2,1H3,(H,21,22);1H. The first kappa shape index (κ1) is 18.3. The van der Waals surface area contributed by atoms with E-state index in [1.807, 2.05) is 6.92 Å². The van der Waals surface area contributed by atoms with Crippen LogP contribution in [-0.4, -0.2) is 25.0 Å². The fourth-order valence-corrected chi connectivity index (χ4v) is 3.80. The first-order valence-corrected chi connectivity index (χ1v) is 8.86. The first-order valence-electron chi connectivity index (χ1n) is 8.86. The molecule has 4 heteroatoms. The number of carbonyl (C=O) groups excluding carboxylic acids is 1. The topological polar surface area (TPSA) is 41.1 Å². The minimum Gasteiger partial charge on any atom is -0.349 e. The van der Waals surface area contributed by atoms with Gasteiger partial charge in [0.25, 0.3) is 5.91 Å². The molecule has 128 valence electrons. The maximum atomic E-state index is 12.6. The third-order valence-electron chi connectivity index (χ3n) is 5.26. The smallest absolute Gasteiger partial charge is 0.251 e. The normalized spacial score (nSPS) is 19.9. The maximum absolute atomic E-state index is 12.6. The predicted octanol–water partition coefficient (Wildman–Crippen LogP) is 3.95. The Kier molecular flexibility index (Phi) is 6.91. The van der Waals surface area contributed by atoms with Crippen LogP contribution in [0.5, 0.6) is 0 Å². The van der Waals surface area contributed by atoms with Gasteiger partial charge in [0, 0.05) is 11.6 Å². The van der Waals surface area contributed by atoms with Crippen LogP contribution in [0.3, 0.4) is 0 Å². The fraction of sp³-hybridized carbons (Fsp3) is 0.632. The van der Waals surface area contributed by atoms with Gasteiger partial charge in [-0.3, -0.25) is 4.79 Å². The number of carbonyl (C=O) groups is 1. The Labute approximate surface area is 146 Å². The van der Waals surface area contributed by atoms with Crippen molar-refractivity contribution in [2.45, 2.75) is 63.8 Å². The molecule has 1 saturated heterocycles. The van der Waals surface area contributed by atoms with Gasteiger partial charge >= 0.3 is 0 Å². The summed E-state index contributed by atoms with van der Waals surface area (Å²) in [7, 11) is 0. The van der Waals surface area contributed by atoms with E-state index < -0.39 is 0 Å². The predicted molar refractivity (Wildman–Crippen MR) is 97.6 cm³/mol. The molecule has 0 unspecified atom stereocenters. The zero-order chi connectivity index (χ0) is 15.4. The van der Waals surface area contributed by atoms with E-state index in [9.17, 15) is 4.79 Å². The molecule has 1 aliphatic carbocycles. The summed E-state index contributed by atoms with van der Waals surface area (Å²) >= 11 is 0. The average Bonchev–Trinajstić information content (AvgIpc) is 2.57. The van der Waals surface area contributed by atoms with Crippen LogP contribution in [0, 0.1) is 6.92 Å². The number of hydrogen-bond acceptors (Lipinski definition) is 2. The number of nitrogens with one attached hydrogen (secondary N) is 2. The largest absolute Gasteiger partial charge is 0.349 e. The lowest BCUT2D eigenvalue weighted by atomic mass is 9.88. The highest BCUT2D eigenvalue weighted by Crippen LogP contribution is 2.27. The van der Waals surface area contributed by atoms with Gasteiger partial charge in [-0.1, -0.05) is 31.4 Å². The van der Waals surface area contributed by atoms with Crippen LogP contribution >= 0.6 is 12.4 Å². The molecular weight excluding hydrogens is 308 g/mol. The lowest BCUT2D eigenvalue weighted by molar-refractivity contribution is 0.0927. The van der Waals surface area contributed by atoms with E-state index in [1.54, 1.807) is 0 Å².